The van der Waals surface area contributed by atoms with Crippen molar-refractivity contribution in [2.75, 3.05) is 26.2 Å². The summed E-state index contributed by atoms with van der Waals surface area (Å²) in [7, 11) is 0. The molecule has 186 valence electrons. The molecule has 0 bridgehead atoms. The number of benzene rings is 2. The van der Waals surface area contributed by atoms with Crippen LogP contribution in [0.5, 0.6) is 5.75 Å². The van der Waals surface area contributed by atoms with Gasteiger partial charge in [-0.2, -0.15) is 0 Å². The van der Waals surface area contributed by atoms with E-state index in [4.69, 9.17) is 14.7 Å². The van der Waals surface area contributed by atoms with Crippen molar-refractivity contribution in [3.63, 3.8) is 0 Å². The molecule has 1 saturated heterocycles. The van der Waals surface area contributed by atoms with Gasteiger partial charge in [0.25, 0.3) is 0 Å². The number of ether oxygens (including phenoxy) is 1. The minimum atomic E-state index is -0.267. The van der Waals surface area contributed by atoms with Crippen LogP contribution in [0.4, 0.5) is 4.39 Å². The summed E-state index contributed by atoms with van der Waals surface area (Å²) < 4.78 is 20.9. The number of nitrogens with zero attached hydrogens (tertiary/aromatic N) is 3. The summed E-state index contributed by atoms with van der Waals surface area (Å²) in [5, 5.41) is 0. The molecule has 0 atom stereocenters. The molecule has 1 aliphatic heterocycles. The third kappa shape index (κ3) is 5.34. The van der Waals surface area contributed by atoms with Crippen LogP contribution >= 0.6 is 0 Å². The van der Waals surface area contributed by atoms with Crippen molar-refractivity contribution in [3.05, 3.63) is 78.0 Å². The number of aromatic nitrogens is 3. The van der Waals surface area contributed by atoms with Crippen LogP contribution in [0, 0.1) is 12.7 Å². The molecule has 2 aromatic carbocycles. The number of hydrogen-bond donors (Lipinski definition) is 1. The van der Waals surface area contributed by atoms with Crippen LogP contribution in [-0.4, -0.2) is 46.1 Å². The van der Waals surface area contributed by atoms with Crippen LogP contribution in [0.1, 0.15) is 44.1 Å². The zero-order chi connectivity index (χ0) is 25.1. The van der Waals surface area contributed by atoms with Crippen LogP contribution in [0.2, 0.25) is 0 Å². The van der Waals surface area contributed by atoms with Crippen molar-refractivity contribution < 1.29 is 9.13 Å². The van der Waals surface area contributed by atoms with Gasteiger partial charge in [0, 0.05) is 29.3 Å². The number of nitrogens with one attached hydrogen (secondary N) is 1. The molecule has 1 fully saturated rings. The maximum atomic E-state index is 15.0. The molecule has 5 rings (SSSR count). The number of aromatic amines is 1. The van der Waals surface area contributed by atoms with Gasteiger partial charge in [-0.15, -0.1) is 0 Å². The lowest BCUT2D eigenvalue weighted by atomic mass is 9.99. The predicted molar refractivity (Wildman–Crippen MR) is 143 cm³/mol. The number of halogens is 1. The molecule has 0 amide bonds. The van der Waals surface area contributed by atoms with E-state index >= 15 is 0 Å². The lowest BCUT2D eigenvalue weighted by molar-refractivity contribution is 0.238. The lowest BCUT2D eigenvalue weighted by Gasteiger charge is -2.15. The predicted octanol–water partition coefficient (Wildman–Crippen LogP) is 6.85. The first-order valence-corrected chi connectivity index (χ1v) is 12.8. The highest BCUT2D eigenvalue weighted by molar-refractivity contribution is 5.80. The number of likely N-dealkylation sites (tertiary alicyclic amines) is 1. The first-order valence-electron chi connectivity index (χ1n) is 12.8. The molecular weight excluding hydrogens is 451 g/mol. The number of hydrogen-bond acceptors (Lipinski definition) is 4. The third-order valence-corrected chi connectivity index (χ3v) is 6.69. The third-order valence-electron chi connectivity index (χ3n) is 6.69. The van der Waals surface area contributed by atoms with Gasteiger partial charge in [0.1, 0.15) is 24.0 Å². The Morgan fingerprint density at radius 2 is 1.72 bits per heavy atom. The van der Waals surface area contributed by atoms with Gasteiger partial charge in [-0.1, -0.05) is 32.0 Å². The fourth-order valence-electron chi connectivity index (χ4n) is 4.66. The molecule has 0 unspecified atom stereocenters. The van der Waals surface area contributed by atoms with E-state index in [1.165, 1.54) is 18.9 Å². The van der Waals surface area contributed by atoms with Gasteiger partial charge in [0.05, 0.1) is 17.1 Å². The summed E-state index contributed by atoms with van der Waals surface area (Å²) in [5.41, 5.74) is 5.57. The van der Waals surface area contributed by atoms with Crippen LogP contribution < -0.4 is 4.74 Å². The first kappa shape index (κ1) is 24.2. The number of aryl methyl sites for hydroxylation is 1. The van der Waals surface area contributed by atoms with E-state index < -0.39 is 0 Å². The van der Waals surface area contributed by atoms with Crippen molar-refractivity contribution in [3.8, 4) is 39.5 Å². The second kappa shape index (κ2) is 10.6. The Labute approximate surface area is 212 Å². The SMILES string of the molecule is Cc1cccc(-c2[nH]c(C(C)C)nc2-c2ccc(F)c(-c3ccc(OCCN4CCCC4)cc3)c2)n1. The quantitative estimate of drug-likeness (QED) is 0.297. The molecule has 2 aromatic heterocycles. The summed E-state index contributed by atoms with van der Waals surface area (Å²) in [6, 6.07) is 18.8. The summed E-state index contributed by atoms with van der Waals surface area (Å²) in [6.45, 7) is 10.1. The van der Waals surface area contributed by atoms with E-state index in [-0.39, 0.29) is 11.7 Å². The monoisotopic (exact) mass is 484 g/mol. The van der Waals surface area contributed by atoms with Crippen molar-refractivity contribution in [1.29, 1.82) is 0 Å². The van der Waals surface area contributed by atoms with Gasteiger partial charge in [-0.3, -0.25) is 9.88 Å². The Kier molecular flexibility index (Phi) is 7.14. The smallest absolute Gasteiger partial charge is 0.131 e. The highest BCUT2D eigenvalue weighted by Crippen LogP contribution is 2.35. The van der Waals surface area contributed by atoms with Gasteiger partial charge in [-0.05, 0) is 80.9 Å². The van der Waals surface area contributed by atoms with Gasteiger partial charge in [-0.25, -0.2) is 9.37 Å². The average molecular weight is 485 g/mol. The summed E-state index contributed by atoms with van der Waals surface area (Å²) in [4.78, 5) is 15.5. The Morgan fingerprint density at radius 1 is 0.972 bits per heavy atom. The fourth-order valence-corrected chi connectivity index (χ4v) is 4.66. The van der Waals surface area contributed by atoms with Crippen molar-refractivity contribution in [1.82, 2.24) is 19.9 Å². The number of pyridine rings is 1. The number of H-pyrrole nitrogens is 1. The van der Waals surface area contributed by atoms with E-state index in [9.17, 15) is 4.39 Å². The maximum Gasteiger partial charge on any atom is 0.131 e. The van der Waals surface area contributed by atoms with Gasteiger partial charge >= 0.3 is 0 Å². The molecule has 0 spiro atoms. The Bertz CT molecular complexity index is 1320. The van der Waals surface area contributed by atoms with Crippen LogP contribution in [0.3, 0.4) is 0 Å². The van der Waals surface area contributed by atoms with Gasteiger partial charge in [0.15, 0.2) is 0 Å². The number of imidazole rings is 1. The zero-order valence-corrected chi connectivity index (χ0v) is 21.2. The molecule has 4 aromatic rings. The molecule has 0 aliphatic carbocycles. The molecule has 6 heteroatoms. The van der Waals surface area contributed by atoms with Crippen LogP contribution in [0.25, 0.3) is 33.8 Å². The topological polar surface area (TPSA) is 54.0 Å². The molecule has 1 aliphatic rings. The largest absolute Gasteiger partial charge is 0.492 e. The standard InChI is InChI=1S/C30H33FN4O/c1-20(2)30-33-28(29(34-30)27-8-6-7-21(3)32-27)23-11-14-26(31)25(19-23)22-9-12-24(13-10-22)36-18-17-35-15-4-5-16-35/h6-14,19-20H,4-5,15-18H2,1-3H3,(H,33,34). The van der Waals surface area contributed by atoms with Crippen LogP contribution in [-0.2, 0) is 0 Å². The van der Waals surface area contributed by atoms with E-state index in [0.717, 1.165) is 65.1 Å². The van der Waals surface area contributed by atoms with E-state index in [2.05, 4.69) is 23.7 Å². The highest BCUT2D eigenvalue weighted by Gasteiger charge is 2.19. The zero-order valence-electron chi connectivity index (χ0n) is 21.2. The van der Waals surface area contributed by atoms with Crippen LogP contribution in [0.15, 0.2) is 60.7 Å². The van der Waals surface area contributed by atoms with Crippen molar-refractivity contribution in [2.45, 2.75) is 39.5 Å². The van der Waals surface area contributed by atoms with E-state index in [1.807, 2.05) is 55.5 Å². The fraction of sp³-hybridized carbons (Fsp3) is 0.333. The molecular formula is C30H33FN4O. The summed E-state index contributed by atoms with van der Waals surface area (Å²) >= 11 is 0. The minimum Gasteiger partial charge on any atom is -0.492 e. The molecule has 0 saturated carbocycles. The Morgan fingerprint density at radius 3 is 2.44 bits per heavy atom. The molecule has 1 N–H and O–H groups in total. The Balaban J connectivity index is 1.42. The summed E-state index contributed by atoms with van der Waals surface area (Å²) in [5.74, 6) is 1.64. The molecule has 3 heterocycles. The average Bonchev–Trinajstić information content (AvgIpc) is 3.56. The van der Waals surface area contributed by atoms with Crippen molar-refractivity contribution >= 4 is 0 Å². The molecule has 36 heavy (non-hydrogen) atoms. The van der Waals surface area contributed by atoms with Gasteiger partial charge < -0.3 is 9.72 Å². The lowest BCUT2D eigenvalue weighted by Crippen LogP contribution is -2.25. The van der Waals surface area contributed by atoms with Crippen molar-refractivity contribution in [2.24, 2.45) is 0 Å². The normalized spacial score (nSPS) is 14.0. The second-order valence-electron chi connectivity index (χ2n) is 9.78. The number of rotatable bonds is 8. The maximum absolute atomic E-state index is 15.0. The Hall–Kier alpha value is -3.51. The van der Waals surface area contributed by atoms with Gasteiger partial charge in [0.2, 0.25) is 0 Å². The van der Waals surface area contributed by atoms with E-state index in [1.54, 1.807) is 6.07 Å². The highest BCUT2D eigenvalue weighted by atomic mass is 19.1. The minimum absolute atomic E-state index is 0.222. The molecule has 5 nitrogen and oxygen atoms in total. The molecule has 0 radical (unpaired) electrons. The first-order chi connectivity index (χ1) is 17.5. The second-order valence-corrected chi connectivity index (χ2v) is 9.78. The van der Waals surface area contributed by atoms with E-state index in [0.29, 0.717) is 12.2 Å². The summed E-state index contributed by atoms with van der Waals surface area (Å²) in [6.07, 6.45) is 2.55.